The lowest BCUT2D eigenvalue weighted by molar-refractivity contribution is -0.0498. The Labute approximate surface area is 168 Å². The molecular formula is C21H21ClF2N2O2. The zero-order chi connectivity index (χ0) is 19.9. The molecular weight excluding hydrogens is 386 g/mol. The molecule has 0 amide bonds. The molecule has 0 N–H and O–H groups in total. The van der Waals surface area contributed by atoms with Crippen molar-refractivity contribution in [1.29, 1.82) is 0 Å². The molecule has 1 heterocycles. The van der Waals surface area contributed by atoms with Gasteiger partial charge in [-0.25, -0.2) is 0 Å². The summed E-state index contributed by atoms with van der Waals surface area (Å²) in [5.74, 6) is -0.277. The number of rotatable bonds is 7. The number of carbonyl (C=O) groups excluding carboxylic acids is 1. The van der Waals surface area contributed by atoms with Gasteiger partial charge < -0.3 is 9.64 Å². The summed E-state index contributed by atoms with van der Waals surface area (Å²) in [7, 11) is 0. The number of nitrogens with zero attached hydrogens (tertiary/aromatic N) is 2. The molecule has 2 aromatic rings. The van der Waals surface area contributed by atoms with Gasteiger partial charge in [0, 0.05) is 55.6 Å². The van der Waals surface area contributed by atoms with Crippen LogP contribution < -0.4 is 4.74 Å². The van der Waals surface area contributed by atoms with Gasteiger partial charge in [-0.2, -0.15) is 8.78 Å². The minimum absolute atomic E-state index is 0.0255. The van der Waals surface area contributed by atoms with E-state index in [-0.39, 0.29) is 11.5 Å². The minimum Gasteiger partial charge on any atom is -0.435 e. The van der Waals surface area contributed by atoms with E-state index in [1.807, 2.05) is 24.3 Å². The van der Waals surface area contributed by atoms with Crippen LogP contribution in [0, 0.1) is 0 Å². The summed E-state index contributed by atoms with van der Waals surface area (Å²) in [6, 6.07) is 13.6. The highest BCUT2D eigenvalue weighted by Gasteiger charge is 2.16. The van der Waals surface area contributed by atoms with Crippen LogP contribution in [0.25, 0.3) is 0 Å². The van der Waals surface area contributed by atoms with Gasteiger partial charge in [0.15, 0.2) is 5.78 Å². The molecule has 1 aliphatic rings. The Balaban J connectivity index is 1.51. The Morgan fingerprint density at radius 2 is 1.86 bits per heavy atom. The Hall–Kier alpha value is -2.44. The molecule has 148 valence electrons. The van der Waals surface area contributed by atoms with Crippen molar-refractivity contribution in [2.24, 2.45) is 0 Å². The second-order valence-corrected chi connectivity index (χ2v) is 6.90. The SMILES string of the molecule is O=C(/C=C/N1CCN(Cc2ccccc2Cl)CC1)c1cccc(OC(F)F)c1. The van der Waals surface area contributed by atoms with Gasteiger partial charge in [-0.15, -0.1) is 0 Å². The molecule has 1 saturated heterocycles. The fourth-order valence-corrected chi connectivity index (χ4v) is 3.23. The molecule has 0 aliphatic carbocycles. The van der Waals surface area contributed by atoms with E-state index in [2.05, 4.69) is 14.5 Å². The topological polar surface area (TPSA) is 32.8 Å². The highest BCUT2D eigenvalue weighted by molar-refractivity contribution is 6.31. The maximum absolute atomic E-state index is 12.3. The van der Waals surface area contributed by atoms with Gasteiger partial charge in [-0.05, 0) is 23.8 Å². The number of carbonyl (C=O) groups is 1. The van der Waals surface area contributed by atoms with Crippen molar-refractivity contribution in [1.82, 2.24) is 9.80 Å². The predicted molar refractivity (Wildman–Crippen MR) is 105 cm³/mol. The molecule has 3 rings (SSSR count). The quantitative estimate of drug-likeness (QED) is 0.502. The van der Waals surface area contributed by atoms with Crippen LogP contribution in [0.15, 0.2) is 60.8 Å². The predicted octanol–water partition coefficient (Wildman–Crippen LogP) is 4.46. The number of benzene rings is 2. The fraction of sp³-hybridized carbons (Fsp3) is 0.286. The van der Waals surface area contributed by atoms with E-state index in [9.17, 15) is 13.6 Å². The first-order valence-electron chi connectivity index (χ1n) is 8.98. The molecule has 1 aliphatic heterocycles. The third-order valence-electron chi connectivity index (χ3n) is 4.54. The van der Waals surface area contributed by atoms with E-state index in [1.165, 1.54) is 24.3 Å². The van der Waals surface area contributed by atoms with E-state index in [1.54, 1.807) is 12.3 Å². The van der Waals surface area contributed by atoms with Crippen LogP contribution in [-0.4, -0.2) is 48.4 Å². The average molecular weight is 407 g/mol. The van der Waals surface area contributed by atoms with E-state index in [4.69, 9.17) is 11.6 Å². The van der Waals surface area contributed by atoms with Crippen molar-refractivity contribution < 1.29 is 18.3 Å². The average Bonchev–Trinajstić information content (AvgIpc) is 2.68. The van der Waals surface area contributed by atoms with Crippen molar-refractivity contribution in [2.75, 3.05) is 26.2 Å². The first kappa shape index (κ1) is 20.3. The van der Waals surface area contributed by atoms with Gasteiger partial charge in [-0.3, -0.25) is 9.69 Å². The van der Waals surface area contributed by atoms with Gasteiger partial charge in [0.25, 0.3) is 0 Å². The molecule has 0 bridgehead atoms. The van der Waals surface area contributed by atoms with E-state index in [0.717, 1.165) is 43.3 Å². The summed E-state index contributed by atoms with van der Waals surface area (Å²) in [4.78, 5) is 16.7. The molecule has 0 atom stereocenters. The molecule has 0 spiro atoms. The van der Waals surface area contributed by atoms with Crippen molar-refractivity contribution in [3.8, 4) is 5.75 Å². The summed E-state index contributed by atoms with van der Waals surface area (Å²) in [6.45, 7) is 1.20. The third-order valence-corrected chi connectivity index (χ3v) is 4.91. The van der Waals surface area contributed by atoms with Gasteiger partial charge in [0.1, 0.15) is 5.75 Å². The van der Waals surface area contributed by atoms with Crippen molar-refractivity contribution >= 4 is 17.4 Å². The lowest BCUT2D eigenvalue weighted by atomic mass is 10.1. The summed E-state index contributed by atoms with van der Waals surface area (Å²) in [5, 5.41) is 0.772. The fourth-order valence-electron chi connectivity index (χ4n) is 3.03. The number of allylic oxidation sites excluding steroid dienone is 1. The molecule has 0 radical (unpaired) electrons. The lowest BCUT2D eigenvalue weighted by Gasteiger charge is -2.34. The standard InChI is InChI=1S/C21H21ClF2N2O2/c22-19-7-2-1-4-17(19)15-26-12-10-25(11-13-26)9-8-20(27)16-5-3-6-18(14-16)28-21(23)24/h1-9,14,21H,10-13,15H2/b9-8+. The monoisotopic (exact) mass is 406 g/mol. The second-order valence-electron chi connectivity index (χ2n) is 6.49. The summed E-state index contributed by atoms with van der Waals surface area (Å²) >= 11 is 6.22. The summed E-state index contributed by atoms with van der Waals surface area (Å²) in [5.41, 5.74) is 1.42. The maximum atomic E-state index is 12.3. The first-order valence-corrected chi connectivity index (χ1v) is 9.36. The van der Waals surface area contributed by atoms with Crippen LogP contribution in [0.4, 0.5) is 8.78 Å². The van der Waals surface area contributed by atoms with Gasteiger partial charge in [0.2, 0.25) is 0 Å². The summed E-state index contributed by atoms with van der Waals surface area (Å²) in [6.07, 6.45) is 3.22. The molecule has 0 aromatic heterocycles. The zero-order valence-electron chi connectivity index (χ0n) is 15.2. The number of ketones is 1. The number of ether oxygens (including phenoxy) is 1. The number of hydrogen-bond acceptors (Lipinski definition) is 4. The molecule has 0 saturated carbocycles. The Morgan fingerprint density at radius 1 is 1.11 bits per heavy atom. The summed E-state index contributed by atoms with van der Waals surface area (Å²) < 4.78 is 28.9. The van der Waals surface area contributed by atoms with Gasteiger partial charge in [0.05, 0.1) is 0 Å². The van der Waals surface area contributed by atoms with E-state index >= 15 is 0 Å². The first-order chi connectivity index (χ1) is 13.5. The Morgan fingerprint density at radius 3 is 2.57 bits per heavy atom. The number of piperazine rings is 1. The highest BCUT2D eigenvalue weighted by Crippen LogP contribution is 2.19. The lowest BCUT2D eigenvalue weighted by Crippen LogP contribution is -2.43. The van der Waals surface area contributed by atoms with E-state index in [0.29, 0.717) is 5.56 Å². The van der Waals surface area contributed by atoms with Gasteiger partial charge >= 0.3 is 6.61 Å². The van der Waals surface area contributed by atoms with Crippen LogP contribution in [0.3, 0.4) is 0 Å². The Kier molecular flexibility index (Phi) is 7.01. The number of alkyl halides is 2. The van der Waals surface area contributed by atoms with Gasteiger partial charge in [-0.1, -0.05) is 41.9 Å². The maximum Gasteiger partial charge on any atom is 0.387 e. The molecule has 0 unspecified atom stereocenters. The van der Waals surface area contributed by atoms with Crippen LogP contribution in [0.1, 0.15) is 15.9 Å². The molecule has 28 heavy (non-hydrogen) atoms. The van der Waals surface area contributed by atoms with Crippen molar-refractivity contribution in [2.45, 2.75) is 13.2 Å². The van der Waals surface area contributed by atoms with Crippen LogP contribution in [-0.2, 0) is 6.54 Å². The number of hydrogen-bond donors (Lipinski definition) is 0. The highest BCUT2D eigenvalue weighted by atomic mass is 35.5. The molecule has 4 nitrogen and oxygen atoms in total. The molecule has 7 heteroatoms. The normalized spacial score (nSPS) is 15.4. The van der Waals surface area contributed by atoms with Crippen LogP contribution >= 0.6 is 11.6 Å². The second kappa shape index (κ2) is 9.66. The van der Waals surface area contributed by atoms with Crippen LogP contribution in [0.5, 0.6) is 5.75 Å². The third kappa shape index (κ3) is 5.78. The van der Waals surface area contributed by atoms with Crippen molar-refractivity contribution in [3.05, 3.63) is 77.0 Å². The largest absolute Gasteiger partial charge is 0.435 e. The van der Waals surface area contributed by atoms with Crippen molar-refractivity contribution in [3.63, 3.8) is 0 Å². The number of halogens is 3. The smallest absolute Gasteiger partial charge is 0.387 e. The molecule has 2 aromatic carbocycles. The minimum atomic E-state index is -2.91. The van der Waals surface area contributed by atoms with E-state index < -0.39 is 6.61 Å². The molecule has 1 fully saturated rings. The Bertz CT molecular complexity index is 837. The zero-order valence-corrected chi connectivity index (χ0v) is 16.0. The van der Waals surface area contributed by atoms with Crippen LogP contribution in [0.2, 0.25) is 5.02 Å².